The first-order valence-electron chi connectivity index (χ1n) is 7.44. The van der Waals surface area contributed by atoms with Crippen LogP contribution in [-0.2, 0) is 9.47 Å². The molecule has 0 aliphatic carbocycles. The topological polar surface area (TPSA) is 33.7 Å². The predicted molar refractivity (Wildman–Crippen MR) is 72.9 cm³/mol. The third-order valence-electron chi connectivity index (χ3n) is 4.20. The minimum atomic E-state index is 0.344. The molecule has 1 N–H and O–H groups in total. The summed E-state index contributed by atoms with van der Waals surface area (Å²) in [6.45, 7) is 11.3. The summed E-state index contributed by atoms with van der Waals surface area (Å²) >= 11 is 0. The molecule has 4 unspecified atom stereocenters. The summed E-state index contributed by atoms with van der Waals surface area (Å²) in [5.41, 5.74) is 0. The largest absolute Gasteiger partial charge is 0.380 e. The summed E-state index contributed by atoms with van der Waals surface area (Å²) in [6, 6.07) is 1.63. The molecule has 4 nitrogen and oxygen atoms in total. The van der Waals surface area contributed by atoms with Gasteiger partial charge in [-0.2, -0.15) is 0 Å². The Hall–Kier alpha value is -0.160. The Balaban J connectivity index is 2.04. The summed E-state index contributed by atoms with van der Waals surface area (Å²) in [5.74, 6) is 0. The van der Waals surface area contributed by atoms with Gasteiger partial charge in [-0.3, -0.25) is 4.90 Å². The van der Waals surface area contributed by atoms with Gasteiger partial charge < -0.3 is 14.8 Å². The zero-order valence-corrected chi connectivity index (χ0v) is 12.0. The molecule has 0 aromatic rings. The van der Waals surface area contributed by atoms with E-state index in [2.05, 4.69) is 31.0 Å². The molecule has 4 atom stereocenters. The molecular weight excluding hydrogens is 228 g/mol. The Morgan fingerprint density at radius 2 is 2.11 bits per heavy atom. The van der Waals surface area contributed by atoms with Gasteiger partial charge in [0.05, 0.1) is 19.3 Å². The second-order valence-electron chi connectivity index (χ2n) is 5.50. The summed E-state index contributed by atoms with van der Waals surface area (Å²) in [6.07, 6.45) is 2.62. The molecular formula is C14H28N2O2. The molecule has 2 rings (SSSR count). The van der Waals surface area contributed by atoms with Crippen molar-refractivity contribution in [2.45, 2.75) is 57.8 Å². The first kappa shape index (κ1) is 14.3. The van der Waals surface area contributed by atoms with E-state index in [9.17, 15) is 0 Å². The van der Waals surface area contributed by atoms with Crippen molar-refractivity contribution < 1.29 is 9.47 Å². The number of morpholine rings is 1. The lowest BCUT2D eigenvalue weighted by Crippen LogP contribution is -2.62. The second-order valence-corrected chi connectivity index (χ2v) is 5.50. The Bertz CT molecular complexity index is 248. The number of hydrogen-bond acceptors (Lipinski definition) is 4. The lowest BCUT2D eigenvalue weighted by Gasteiger charge is -2.47. The van der Waals surface area contributed by atoms with E-state index < -0.39 is 0 Å². The van der Waals surface area contributed by atoms with Crippen molar-refractivity contribution in [3.8, 4) is 0 Å². The molecule has 106 valence electrons. The van der Waals surface area contributed by atoms with E-state index >= 15 is 0 Å². The Morgan fingerprint density at radius 3 is 2.83 bits per heavy atom. The molecule has 2 heterocycles. The third kappa shape index (κ3) is 3.23. The van der Waals surface area contributed by atoms with Crippen molar-refractivity contribution in [3.05, 3.63) is 0 Å². The lowest BCUT2D eigenvalue weighted by atomic mass is 9.97. The highest BCUT2D eigenvalue weighted by atomic mass is 16.5. The van der Waals surface area contributed by atoms with Crippen LogP contribution in [0.1, 0.15) is 33.6 Å². The summed E-state index contributed by atoms with van der Waals surface area (Å²) in [7, 11) is 0. The highest BCUT2D eigenvalue weighted by Crippen LogP contribution is 2.23. The van der Waals surface area contributed by atoms with Crippen molar-refractivity contribution in [1.82, 2.24) is 10.2 Å². The van der Waals surface area contributed by atoms with Gasteiger partial charge in [-0.1, -0.05) is 13.8 Å². The summed E-state index contributed by atoms with van der Waals surface area (Å²) < 4.78 is 11.5. The zero-order valence-electron chi connectivity index (χ0n) is 12.0. The number of nitrogens with zero attached hydrogens (tertiary/aromatic N) is 1. The quantitative estimate of drug-likeness (QED) is 0.821. The molecule has 0 amide bonds. The molecule has 2 aliphatic rings. The van der Waals surface area contributed by atoms with Crippen LogP contribution in [-0.4, -0.2) is 62.0 Å². The van der Waals surface area contributed by atoms with Crippen molar-refractivity contribution in [2.24, 2.45) is 0 Å². The molecule has 0 radical (unpaired) electrons. The third-order valence-corrected chi connectivity index (χ3v) is 4.20. The van der Waals surface area contributed by atoms with Crippen LogP contribution >= 0.6 is 0 Å². The van der Waals surface area contributed by atoms with Crippen LogP contribution in [0, 0.1) is 0 Å². The molecule has 0 aromatic heterocycles. The molecule has 4 heteroatoms. The van der Waals surface area contributed by atoms with Crippen LogP contribution in [0.3, 0.4) is 0 Å². The van der Waals surface area contributed by atoms with Crippen LogP contribution in [0.5, 0.6) is 0 Å². The molecule has 2 saturated heterocycles. The normalized spacial score (nSPS) is 38.8. The van der Waals surface area contributed by atoms with Crippen LogP contribution in [0.2, 0.25) is 0 Å². The van der Waals surface area contributed by atoms with Gasteiger partial charge in [0.1, 0.15) is 0 Å². The minimum absolute atomic E-state index is 0.344. The van der Waals surface area contributed by atoms with E-state index in [0.717, 1.165) is 45.8 Å². The highest BCUT2D eigenvalue weighted by molar-refractivity contribution is 4.92. The first-order chi connectivity index (χ1) is 8.76. The van der Waals surface area contributed by atoms with Crippen molar-refractivity contribution in [3.63, 3.8) is 0 Å². The molecule has 0 saturated carbocycles. The van der Waals surface area contributed by atoms with E-state index in [1.807, 2.05) is 0 Å². The highest BCUT2D eigenvalue weighted by Gasteiger charge is 2.36. The minimum Gasteiger partial charge on any atom is -0.380 e. The molecule has 0 bridgehead atoms. The standard InChI is InChI=1S/C14H28N2O2/c1-4-12-9-18-11(3)8-16(12)14-10-17-7-6-13(14)15-5-2/h11-15H,4-10H2,1-3H3. The van der Waals surface area contributed by atoms with Crippen LogP contribution in [0.4, 0.5) is 0 Å². The Kier molecular flexibility index (Phi) is 5.42. The maximum Gasteiger partial charge on any atom is 0.0674 e. The maximum atomic E-state index is 5.79. The maximum absolute atomic E-state index is 5.79. The molecule has 18 heavy (non-hydrogen) atoms. The second kappa shape index (κ2) is 6.85. The smallest absolute Gasteiger partial charge is 0.0674 e. The molecule has 0 aromatic carbocycles. The van der Waals surface area contributed by atoms with Gasteiger partial charge in [0.15, 0.2) is 0 Å². The van der Waals surface area contributed by atoms with Gasteiger partial charge in [-0.25, -0.2) is 0 Å². The molecule has 2 aliphatic heterocycles. The van der Waals surface area contributed by atoms with Gasteiger partial charge in [0, 0.05) is 31.3 Å². The van der Waals surface area contributed by atoms with E-state index in [4.69, 9.17) is 9.47 Å². The fraction of sp³-hybridized carbons (Fsp3) is 1.00. The SMILES string of the molecule is CCNC1CCOCC1N1CC(C)OCC1CC. The fourth-order valence-corrected chi connectivity index (χ4v) is 3.18. The monoisotopic (exact) mass is 256 g/mol. The summed E-state index contributed by atoms with van der Waals surface area (Å²) in [4.78, 5) is 2.63. The Morgan fingerprint density at radius 1 is 1.28 bits per heavy atom. The number of hydrogen-bond donors (Lipinski definition) is 1. The van der Waals surface area contributed by atoms with Gasteiger partial charge >= 0.3 is 0 Å². The number of rotatable bonds is 4. The van der Waals surface area contributed by atoms with Gasteiger partial charge in [-0.05, 0) is 26.3 Å². The van der Waals surface area contributed by atoms with Gasteiger partial charge in [0.25, 0.3) is 0 Å². The van der Waals surface area contributed by atoms with Gasteiger partial charge in [-0.15, -0.1) is 0 Å². The van der Waals surface area contributed by atoms with Crippen molar-refractivity contribution in [1.29, 1.82) is 0 Å². The van der Waals surface area contributed by atoms with Gasteiger partial charge in [0.2, 0.25) is 0 Å². The zero-order chi connectivity index (χ0) is 13.0. The number of likely N-dealkylation sites (N-methyl/N-ethyl adjacent to an activating group) is 1. The average molecular weight is 256 g/mol. The average Bonchev–Trinajstić information content (AvgIpc) is 2.40. The van der Waals surface area contributed by atoms with E-state index in [1.165, 1.54) is 0 Å². The predicted octanol–water partition coefficient (Wildman–Crippen LogP) is 1.25. The van der Waals surface area contributed by atoms with Crippen LogP contribution < -0.4 is 5.32 Å². The lowest BCUT2D eigenvalue weighted by molar-refractivity contribution is -0.103. The molecule has 2 fully saturated rings. The van der Waals surface area contributed by atoms with Crippen LogP contribution in [0.25, 0.3) is 0 Å². The molecule has 0 spiro atoms. The fourth-order valence-electron chi connectivity index (χ4n) is 3.18. The van der Waals surface area contributed by atoms with Crippen molar-refractivity contribution in [2.75, 3.05) is 32.9 Å². The van der Waals surface area contributed by atoms with E-state index in [-0.39, 0.29) is 0 Å². The number of ether oxygens (including phenoxy) is 2. The van der Waals surface area contributed by atoms with Crippen molar-refractivity contribution >= 4 is 0 Å². The van der Waals surface area contributed by atoms with E-state index in [1.54, 1.807) is 0 Å². The van der Waals surface area contributed by atoms with Crippen LogP contribution in [0.15, 0.2) is 0 Å². The number of nitrogens with one attached hydrogen (secondary N) is 1. The Labute approximate surface area is 111 Å². The summed E-state index contributed by atoms with van der Waals surface area (Å²) in [5, 5.41) is 3.63. The first-order valence-corrected chi connectivity index (χ1v) is 7.44. The van der Waals surface area contributed by atoms with E-state index in [0.29, 0.717) is 24.2 Å².